The Labute approximate surface area is 119 Å². The van der Waals surface area contributed by atoms with Crippen LogP contribution in [0.1, 0.15) is 27.0 Å². The number of hydrogen-bond donors (Lipinski definition) is 1. The summed E-state index contributed by atoms with van der Waals surface area (Å²) < 4.78 is 37.3. The predicted molar refractivity (Wildman–Crippen MR) is 73.9 cm³/mol. The van der Waals surface area contributed by atoms with Gasteiger partial charge < -0.3 is 5.11 Å². The average molecular weight is 292 g/mol. The van der Waals surface area contributed by atoms with Gasteiger partial charge in [-0.3, -0.25) is 4.79 Å². The van der Waals surface area contributed by atoms with Crippen molar-refractivity contribution >= 4 is 18.4 Å². The number of aromatic hydroxyl groups is 1. The van der Waals surface area contributed by atoms with E-state index in [1.807, 2.05) is 0 Å². The Balaban J connectivity index is 2.19. The van der Waals surface area contributed by atoms with Crippen LogP contribution in [0.3, 0.4) is 0 Å². The minimum atomic E-state index is -4.35. The van der Waals surface area contributed by atoms with Gasteiger partial charge in [-0.25, -0.2) is 0 Å². The van der Waals surface area contributed by atoms with Crippen molar-refractivity contribution in [2.75, 3.05) is 0 Å². The first kappa shape index (κ1) is 14.8. The Hall–Kier alpha value is -2.56. The molecule has 21 heavy (non-hydrogen) atoms. The molecule has 0 saturated carbocycles. The van der Waals surface area contributed by atoms with Crippen LogP contribution >= 0.6 is 0 Å². The Morgan fingerprint density at radius 1 is 0.905 bits per heavy atom. The molecule has 0 radical (unpaired) electrons. The first-order valence-corrected chi connectivity index (χ1v) is 6.04. The van der Waals surface area contributed by atoms with E-state index in [0.29, 0.717) is 17.4 Å². The molecule has 0 heterocycles. The van der Waals surface area contributed by atoms with Crippen molar-refractivity contribution in [3.05, 3.63) is 64.7 Å². The van der Waals surface area contributed by atoms with Gasteiger partial charge in [-0.15, -0.1) is 0 Å². The highest BCUT2D eigenvalue weighted by Crippen LogP contribution is 2.29. The number of carbonyl (C=O) groups excluding carboxylic acids is 1. The topological polar surface area (TPSA) is 37.3 Å². The van der Waals surface area contributed by atoms with E-state index >= 15 is 0 Å². The predicted octanol–water partition coefficient (Wildman–Crippen LogP) is 4.39. The van der Waals surface area contributed by atoms with Crippen LogP contribution in [-0.2, 0) is 6.18 Å². The first-order chi connectivity index (χ1) is 9.90. The fourth-order valence-corrected chi connectivity index (χ4v) is 1.75. The molecule has 2 nitrogen and oxygen atoms in total. The zero-order valence-electron chi connectivity index (χ0n) is 10.8. The monoisotopic (exact) mass is 292 g/mol. The highest BCUT2D eigenvalue weighted by atomic mass is 19.4. The van der Waals surface area contributed by atoms with Gasteiger partial charge in [0, 0.05) is 0 Å². The number of rotatable bonds is 3. The van der Waals surface area contributed by atoms with Crippen molar-refractivity contribution in [1.82, 2.24) is 0 Å². The highest BCUT2D eigenvalue weighted by molar-refractivity contribution is 5.81. The molecule has 2 rings (SSSR count). The van der Waals surface area contributed by atoms with Crippen molar-refractivity contribution in [3.63, 3.8) is 0 Å². The third-order valence-electron chi connectivity index (χ3n) is 2.88. The fourth-order valence-electron chi connectivity index (χ4n) is 1.75. The van der Waals surface area contributed by atoms with E-state index in [1.165, 1.54) is 24.3 Å². The van der Waals surface area contributed by atoms with E-state index in [9.17, 15) is 23.1 Å². The number of carbonyl (C=O) groups is 1. The normalized spacial score (nSPS) is 11.8. The van der Waals surface area contributed by atoms with Crippen molar-refractivity contribution in [2.45, 2.75) is 6.18 Å². The molecule has 0 fully saturated rings. The van der Waals surface area contributed by atoms with Crippen molar-refractivity contribution in [3.8, 4) is 5.75 Å². The lowest BCUT2D eigenvalue weighted by Crippen LogP contribution is -2.03. The zero-order chi connectivity index (χ0) is 15.5. The first-order valence-electron chi connectivity index (χ1n) is 6.04. The quantitative estimate of drug-likeness (QED) is 0.672. The van der Waals surface area contributed by atoms with E-state index in [1.54, 1.807) is 18.2 Å². The molecule has 0 amide bonds. The van der Waals surface area contributed by atoms with Crippen LogP contribution < -0.4 is 0 Å². The minimum absolute atomic E-state index is 0.114. The van der Waals surface area contributed by atoms with Crippen molar-refractivity contribution < 1.29 is 23.1 Å². The molecule has 0 aromatic heterocycles. The van der Waals surface area contributed by atoms with Gasteiger partial charge in [-0.05, 0) is 35.4 Å². The van der Waals surface area contributed by atoms with Gasteiger partial charge in [-0.1, -0.05) is 30.4 Å². The highest BCUT2D eigenvalue weighted by Gasteiger charge is 2.29. The summed E-state index contributed by atoms with van der Waals surface area (Å²) in [4.78, 5) is 10.7. The number of phenols is 1. The summed E-state index contributed by atoms with van der Waals surface area (Å²) in [6.07, 6.45) is -0.543. The van der Waals surface area contributed by atoms with Gasteiger partial charge in [0.2, 0.25) is 0 Å². The van der Waals surface area contributed by atoms with E-state index < -0.39 is 11.7 Å². The van der Waals surface area contributed by atoms with Crippen LogP contribution in [-0.4, -0.2) is 11.4 Å². The smallest absolute Gasteiger partial charge is 0.416 e. The maximum Gasteiger partial charge on any atom is 0.416 e. The Morgan fingerprint density at radius 3 is 2.05 bits per heavy atom. The lowest BCUT2D eigenvalue weighted by molar-refractivity contribution is -0.137. The molecule has 0 bridgehead atoms. The molecule has 0 saturated heterocycles. The maximum atomic E-state index is 12.4. The summed E-state index contributed by atoms with van der Waals surface area (Å²) in [5.41, 5.74) is 0.718. The van der Waals surface area contributed by atoms with Crippen molar-refractivity contribution in [2.24, 2.45) is 0 Å². The van der Waals surface area contributed by atoms with E-state index in [2.05, 4.69) is 0 Å². The fraction of sp³-hybridized carbons (Fsp3) is 0.0625. The Bertz CT molecular complexity index is 671. The molecule has 2 aromatic rings. The van der Waals surface area contributed by atoms with Crippen LogP contribution in [0, 0.1) is 0 Å². The number of alkyl halides is 3. The summed E-state index contributed by atoms with van der Waals surface area (Å²) in [5, 5.41) is 9.37. The maximum absolute atomic E-state index is 12.4. The molecule has 0 aliphatic rings. The summed E-state index contributed by atoms with van der Waals surface area (Å²) >= 11 is 0. The summed E-state index contributed by atoms with van der Waals surface area (Å²) in [6, 6.07) is 9.21. The van der Waals surface area contributed by atoms with Gasteiger partial charge in [-0.2, -0.15) is 13.2 Å². The molecule has 0 atom stereocenters. The van der Waals surface area contributed by atoms with Crippen LogP contribution in [0.15, 0.2) is 42.5 Å². The molecule has 0 unspecified atom stereocenters. The second-order valence-corrected chi connectivity index (χ2v) is 4.39. The van der Waals surface area contributed by atoms with Crippen LogP contribution in [0.25, 0.3) is 12.2 Å². The molecule has 108 valence electrons. The number of benzene rings is 2. The third-order valence-corrected chi connectivity index (χ3v) is 2.88. The molecule has 1 N–H and O–H groups in total. The minimum Gasteiger partial charge on any atom is -0.507 e. The SMILES string of the molecule is O=Cc1cc(/C=C/c2ccc(C(F)(F)F)cc2)ccc1O. The molecule has 0 aliphatic carbocycles. The van der Waals surface area contributed by atoms with Crippen molar-refractivity contribution in [1.29, 1.82) is 0 Å². The third kappa shape index (κ3) is 3.72. The molecular weight excluding hydrogens is 281 g/mol. The Morgan fingerprint density at radius 2 is 1.48 bits per heavy atom. The van der Waals surface area contributed by atoms with Crippen LogP contribution in [0.4, 0.5) is 13.2 Å². The van der Waals surface area contributed by atoms with Gasteiger partial charge in [0.15, 0.2) is 6.29 Å². The number of aldehydes is 1. The van der Waals surface area contributed by atoms with Gasteiger partial charge in [0.25, 0.3) is 0 Å². The lowest BCUT2D eigenvalue weighted by atomic mass is 10.1. The van der Waals surface area contributed by atoms with Gasteiger partial charge >= 0.3 is 6.18 Å². The second-order valence-electron chi connectivity index (χ2n) is 4.39. The standard InChI is InChI=1S/C16H11F3O2/c17-16(18,19)14-6-3-11(4-7-14)1-2-12-5-8-15(21)13(9-12)10-20/h1-10,21H/b2-1+. The van der Waals surface area contributed by atoms with Crippen LogP contribution in [0.2, 0.25) is 0 Å². The molecule has 0 aliphatic heterocycles. The molecule has 5 heteroatoms. The average Bonchev–Trinajstić information content (AvgIpc) is 2.46. The largest absolute Gasteiger partial charge is 0.507 e. The van der Waals surface area contributed by atoms with E-state index in [4.69, 9.17) is 0 Å². The van der Waals surface area contributed by atoms with Crippen LogP contribution in [0.5, 0.6) is 5.75 Å². The van der Waals surface area contributed by atoms with Gasteiger partial charge in [0.05, 0.1) is 11.1 Å². The van der Waals surface area contributed by atoms with E-state index in [0.717, 1.165) is 12.1 Å². The van der Waals surface area contributed by atoms with E-state index in [-0.39, 0.29) is 11.3 Å². The number of phenolic OH excluding ortho intramolecular Hbond substituents is 1. The summed E-state index contributed by atoms with van der Waals surface area (Å²) in [7, 11) is 0. The lowest BCUT2D eigenvalue weighted by Gasteiger charge is -2.06. The number of hydrogen-bond acceptors (Lipinski definition) is 2. The molecule has 2 aromatic carbocycles. The summed E-state index contributed by atoms with van der Waals surface area (Å²) in [5.74, 6) is -0.114. The summed E-state index contributed by atoms with van der Waals surface area (Å²) in [6.45, 7) is 0. The molecule has 0 spiro atoms. The Kier molecular flexibility index (Phi) is 4.12. The molecular formula is C16H11F3O2. The second kappa shape index (κ2) is 5.83. The van der Waals surface area contributed by atoms with Gasteiger partial charge in [0.1, 0.15) is 5.75 Å². The zero-order valence-corrected chi connectivity index (χ0v) is 10.8. The number of halogens is 3.